The van der Waals surface area contributed by atoms with Crippen LogP contribution < -0.4 is 10.6 Å². The highest BCUT2D eigenvalue weighted by molar-refractivity contribution is 7.22. The van der Waals surface area contributed by atoms with Gasteiger partial charge in [-0.05, 0) is 42.2 Å². The van der Waals surface area contributed by atoms with E-state index < -0.39 is 12.1 Å². The summed E-state index contributed by atoms with van der Waals surface area (Å²) in [6.07, 6.45) is 4.64. The van der Waals surface area contributed by atoms with Crippen molar-refractivity contribution in [1.82, 2.24) is 25.2 Å². The van der Waals surface area contributed by atoms with E-state index in [1.54, 1.807) is 19.4 Å². The topological polar surface area (TPSA) is 129 Å². The Morgan fingerprint density at radius 2 is 1.59 bits per heavy atom. The van der Waals surface area contributed by atoms with Gasteiger partial charge in [-0.1, -0.05) is 96.6 Å². The Kier molecular flexibility index (Phi) is 17.7. The molecule has 0 radical (unpaired) electrons. The minimum atomic E-state index is -0.747. The minimum absolute atomic E-state index is 0.253. The summed E-state index contributed by atoms with van der Waals surface area (Å²) in [4.78, 5) is 50.0. The van der Waals surface area contributed by atoms with Crippen LogP contribution >= 0.6 is 11.3 Å². The first-order valence-corrected chi connectivity index (χ1v) is 16.0. The molecule has 3 amide bonds. The average molecular weight is 625 g/mol. The molecule has 2 aromatic heterocycles. The van der Waals surface area contributed by atoms with Crippen LogP contribution in [-0.2, 0) is 14.3 Å². The van der Waals surface area contributed by atoms with Crippen molar-refractivity contribution in [2.45, 2.75) is 74.3 Å². The molecule has 240 valence electrons. The van der Waals surface area contributed by atoms with E-state index in [-0.39, 0.29) is 18.4 Å². The van der Waals surface area contributed by atoms with Gasteiger partial charge in [0, 0.05) is 6.54 Å². The normalized spacial score (nSPS) is 10.5. The van der Waals surface area contributed by atoms with Crippen LogP contribution in [0.5, 0.6) is 0 Å². The van der Waals surface area contributed by atoms with Gasteiger partial charge in [0.1, 0.15) is 12.6 Å². The number of fused-ring (bicyclic) bond motifs is 1. The largest absolute Gasteiger partial charge is 0.453 e. The summed E-state index contributed by atoms with van der Waals surface area (Å²) in [6.45, 7) is 15.9. The summed E-state index contributed by atoms with van der Waals surface area (Å²) in [5.74, 6) is -0.726. The number of H-pyrrole nitrogens is 1. The van der Waals surface area contributed by atoms with E-state index in [0.717, 1.165) is 32.6 Å². The fourth-order valence-electron chi connectivity index (χ4n) is 3.86. The van der Waals surface area contributed by atoms with E-state index in [4.69, 9.17) is 0 Å². The molecule has 0 aliphatic heterocycles. The van der Waals surface area contributed by atoms with Crippen molar-refractivity contribution in [1.29, 1.82) is 0 Å². The molecule has 2 aromatic carbocycles. The van der Waals surface area contributed by atoms with Crippen molar-refractivity contribution in [3.05, 3.63) is 55.0 Å². The van der Waals surface area contributed by atoms with E-state index in [2.05, 4.69) is 56.3 Å². The third-order valence-corrected chi connectivity index (χ3v) is 6.78. The molecular weight excluding hydrogens is 576 g/mol. The highest BCUT2D eigenvalue weighted by atomic mass is 32.1. The Hall–Kier alpha value is -4.25. The van der Waals surface area contributed by atoms with Gasteiger partial charge < -0.3 is 25.3 Å². The third-order valence-electron chi connectivity index (χ3n) is 5.85. The molecule has 4 aromatic rings. The number of hydrogen-bond donors (Lipinski definition) is 3. The second kappa shape index (κ2) is 20.6. The SMILES string of the molecule is CC.CC.CCC.CCCN(C(=O)CNC(=O)OC)C(C)C(=O)Nc1nc2ccc(-c3ccc(-c4cnc[nH]4)cc3)cc2s1. The summed E-state index contributed by atoms with van der Waals surface area (Å²) in [5.41, 5.74) is 4.88. The second-order valence-corrected chi connectivity index (χ2v) is 10.1. The molecule has 0 saturated heterocycles. The Morgan fingerprint density at radius 3 is 2.16 bits per heavy atom. The second-order valence-electron chi connectivity index (χ2n) is 9.05. The zero-order valence-corrected chi connectivity index (χ0v) is 28.3. The molecule has 44 heavy (non-hydrogen) atoms. The van der Waals surface area contributed by atoms with Crippen LogP contribution in [0.25, 0.3) is 32.6 Å². The number of aromatic amines is 1. The summed E-state index contributed by atoms with van der Waals surface area (Å²) < 4.78 is 5.43. The van der Waals surface area contributed by atoms with Crippen LogP contribution in [0.2, 0.25) is 0 Å². The zero-order valence-electron chi connectivity index (χ0n) is 27.5. The van der Waals surface area contributed by atoms with Crippen LogP contribution in [0.15, 0.2) is 55.0 Å². The average Bonchev–Trinajstić information content (AvgIpc) is 3.74. The summed E-state index contributed by atoms with van der Waals surface area (Å²) in [7, 11) is 1.22. The lowest BCUT2D eigenvalue weighted by atomic mass is 10.0. The number of anilines is 1. The standard InChI is InChI=1S/C26H28N6O4S.C3H8.2C2H6/c1-4-11-32(23(33)14-28-26(35)36-3)16(2)24(34)31-25-30-20-10-9-19(12-22(20)37-25)17-5-7-18(8-6-17)21-13-27-15-29-21;1-3-2;2*1-2/h5-10,12-13,15-16H,4,11,14H2,1-3H3,(H,27,29)(H,28,35)(H,30,31,34);3H2,1-2H3;2*1-2H3. The molecule has 1 atom stereocenters. The number of alkyl carbamates (subject to hydrolysis) is 1. The lowest BCUT2D eigenvalue weighted by molar-refractivity contribution is -0.137. The van der Waals surface area contributed by atoms with Crippen molar-refractivity contribution in [2.24, 2.45) is 0 Å². The maximum Gasteiger partial charge on any atom is 0.407 e. The van der Waals surface area contributed by atoms with Gasteiger partial charge in [-0.3, -0.25) is 9.59 Å². The van der Waals surface area contributed by atoms with Crippen molar-refractivity contribution in [2.75, 3.05) is 25.5 Å². The number of hydrogen-bond acceptors (Lipinski definition) is 7. The van der Waals surface area contributed by atoms with Gasteiger partial charge >= 0.3 is 6.09 Å². The Bertz CT molecular complexity index is 1400. The van der Waals surface area contributed by atoms with Crippen LogP contribution in [0.4, 0.5) is 9.93 Å². The smallest absolute Gasteiger partial charge is 0.407 e. The predicted octanol–water partition coefficient (Wildman–Crippen LogP) is 7.74. The van der Waals surface area contributed by atoms with Gasteiger partial charge in [-0.2, -0.15) is 0 Å². The number of amides is 3. The van der Waals surface area contributed by atoms with Crippen LogP contribution in [0.3, 0.4) is 0 Å². The Morgan fingerprint density at radius 1 is 0.977 bits per heavy atom. The number of carbonyl (C=O) groups excluding carboxylic acids is 3. The van der Waals surface area contributed by atoms with Crippen LogP contribution in [-0.4, -0.2) is 64.0 Å². The molecule has 0 fully saturated rings. The molecule has 0 aliphatic rings. The van der Waals surface area contributed by atoms with Gasteiger partial charge in [0.05, 0.1) is 35.5 Å². The lowest BCUT2D eigenvalue weighted by Crippen LogP contribution is -2.49. The Balaban J connectivity index is 0.00000128. The molecule has 11 heteroatoms. The van der Waals surface area contributed by atoms with E-state index in [0.29, 0.717) is 18.1 Å². The fraction of sp³-hybridized carbons (Fsp3) is 0.424. The van der Waals surface area contributed by atoms with Gasteiger partial charge in [-0.15, -0.1) is 0 Å². The number of imidazole rings is 1. The maximum atomic E-state index is 13.0. The summed E-state index contributed by atoms with van der Waals surface area (Å²) >= 11 is 1.37. The maximum absolute atomic E-state index is 13.0. The number of carbonyl (C=O) groups is 3. The predicted molar refractivity (Wildman–Crippen MR) is 182 cm³/mol. The monoisotopic (exact) mass is 624 g/mol. The first kappa shape index (κ1) is 37.8. The number of rotatable bonds is 9. The van der Waals surface area contributed by atoms with Crippen LogP contribution in [0, 0.1) is 0 Å². The van der Waals surface area contributed by atoms with Gasteiger partial charge in [0.25, 0.3) is 0 Å². The number of benzene rings is 2. The summed E-state index contributed by atoms with van der Waals surface area (Å²) in [6, 6.07) is 13.4. The van der Waals surface area contributed by atoms with Crippen molar-refractivity contribution < 1.29 is 19.1 Å². The zero-order chi connectivity index (χ0) is 33.1. The number of ether oxygens (including phenoxy) is 1. The number of nitrogens with zero attached hydrogens (tertiary/aromatic N) is 3. The van der Waals surface area contributed by atoms with E-state index in [9.17, 15) is 14.4 Å². The molecule has 10 nitrogen and oxygen atoms in total. The first-order chi connectivity index (χ1) is 21.3. The van der Waals surface area contributed by atoms with E-state index >= 15 is 0 Å². The van der Waals surface area contributed by atoms with Crippen molar-refractivity contribution in [3.8, 4) is 22.4 Å². The molecule has 0 spiro atoms. The fourth-order valence-corrected chi connectivity index (χ4v) is 4.77. The molecule has 3 N–H and O–H groups in total. The van der Waals surface area contributed by atoms with Gasteiger partial charge in [0.15, 0.2) is 5.13 Å². The van der Waals surface area contributed by atoms with E-state index in [1.807, 2.05) is 65.0 Å². The van der Waals surface area contributed by atoms with Crippen molar-refractivity contribution >= 4 is 44.6 Å². The molecule has 4 rings (SSSR count). The first-order valence-electron chi connectivity index (χ1n) is 15.2. The lowest BCUT2D eigenvalue weighted by Gasteiger charge is -2.27. The van der Waals surface area contributed by atoms with E-state index in [1.165, 1.54) is 29.8 Å². The molecule has 1 unspecified atom stereocenters. The quantitative estimate of drug-likeness (QED) is 0.175. The number of methoxy groups -OCH3 is 1. The molecule has 0 bridgehead atoms. The molecule has 0 saturated carbocycles. The number of thiazole rings is 1. The van der Waals surface area contributed by atoms with Gasteiger partial charge in [0.2, 0.25) is 11.8 Å². The number of nitrogens with one attached hydrogen (secondary N) is 3. The highest BCUT2D eigenvalue weighted by Crippen LogP contribution is 2.31. The third kappa shape index (κ3) is 11.1. The minimum Gasteiger partial charge on any atom is -0.453 e. The Labute approximate surface area is 265 Å². The molecule has 2 heterocycles. The van der Waals surface area contributed by atoms with Crippen molar-refractivity contribution in [3.63, 3.8) is 0 Å². The summed E-state index contributed by atoms with van der Waals surface area (Å²) in [5, 5.41) is 5.65. The highest BCUT2D eigenvalue weighted by Gasteiger charge is 2.26. The molecule has 0 aliphatic carbocycles. The molecular formula is C33H48N6O4S. The van der Waals surface area contributed by atoms with Gasteiger partial charge in [-0.25, -0.2) is 14.8 Å². The van der Waals surface area contributed by atoms with Crippen LogP contribution in [0.1, 0.15) is 68.2 Å². The number of aromatic nitrogens is 3.